The van der Waals surface area contributed by atoms with Crippen LogP contribution in [0.3, 0.4) is 0 Å². The third-order valence-electron chi connectivity index (χ3n) is 7.88. The minimum absolute atomic E-state index is 0.0620. The van der Waals surface area contributed by atoms with Gasteiger partial charge in [-0.05, 0) is 25.3 Å². The molecule has 42 heavy (non-hydrogen) atoms. The van der Waals surface area contributed by atoms with Crippen molar-refractivity contribution in [3.63, 3.8) is 0 Å². The molecule has 3 heterocycles. The fourth-order valence-corrected chi connectivity index (χ4v) is 6.13. The summed E-state index contributed by atoms with van der Waals surface area (Å²) in [4.78, 5) is 36.1. The highest BCUT2D eigenvalue weighted by atomic mass is 16.8. The monoisotopic (exact) mass is 594 g/mol. The van der Waals surface area contributed by atoms with Gasteiger partial charge >= 0.3 is 17.9 Å². The van der Waals surface area contributed by atoms with Crippen LogP contribution in [-0.4, -0.2) is 97.5 Å². The van der Waals surface area contributed by atoms with Gasteiger partial charge in [-0.25, -0.2) is 0 Å². The number of methoxy groups -OCH3 is 1. The van der Waals surface area contributed by atoms with Crippen LogP contribution in [0.4, 0.5) is 0 Å². The summed E-state index contributed by atoms with van der Waals surface area (Å²) in [5, 5.41) is 9.53. The van der Waals surface area contributed by atoms with Crippen LogP contribution >= 0.6 is 0 Å². The van der Waals surface area contributed by atoms with E-state index in [1.54, 1.807) is 6.92 Å². The average Bonchev–Trinajstić information content (AvgIpc) is 3.26. The van der Waals surface area contributed by atoms with Gasteiger partial charge in [0.15, 0.2) is 18.0 Å². The first-order chi connectivity index (χ1) is 20.0. The smallest absolute Gasteiger partial charge is 0.303 e. The summed E-state index contributed by atoms with van der Waals surface area (Å²) < 4.78 is 48.7. The maximum Gasteiger partial charge on any atom is 0.303 e. The van der Waals surface area contributed by atoms with Crippen LogP contribution in [-0.2, 0) is 58.9 Å². The van der Waals surface area contributed by atoms with E-state index in [1.165, 1.54) is 27.9 Å². The molecule has 0 bridgehead atoms. The van der Waals surface area contributed by atoms with Crippen molar-refractivity contribution in [2.24, 2.45) is 0 Å². The largest absolute Gasteiger partial charge is 0.462 e. The van der Waals surface area contributed by atoms with Gasteiger partial charge in [-0.15, -0.1) is 0 Å². The summed E-state index contributed by atoms with van der Waals surface area (Å²) in [6.07, 6.45) is -3.62. The second-order valence-corrected chi connectivity index (χ2v) is 11.3. The maximum atomic E-state index is 12.4. The number of aliphatic hydroxyl groups excluding tert-OH is 1. The average molecular weight is 595 g/mol. The molecule has 12 heteroatoms. The first kappa shape index (κ1) is 32.3. The number of rotatable bonds is 12. The van der Waals surface area contributed by atoms with E-state index in [9.17, 15) is 19.5 Å². The Kier molecular flexibility index (Phi) is 10.6. The molecule has 1 aromatic carbocycles. The standard InChI is InChI=1S/C30H42O12/c1-18(32)37-17-29(4,41-20(3)34)15-23-24(36-16-21-9-7-6-8-10-21)26-25(40-23)27(38-19(2)33)28-30(35-5,42-26)13-11-22(39-28)12-14-31/h6-10,22-28,31H,11-17H2,1-5H3/t22?,23?,24-,25+,26-,27-,28+,29-,30?/m0/s1. The lowest BCUT2D eigenvalue weighted by atomic mass is 9.84. The number of carbonyl (C=O) groups is 3. The van der Waals surface area contributed by atoms with E-state index in [2.05, 4.69) is 0 Å². The Hall–Kier alpha value is -2.61. The van der Waals surface area contributed by atoms with Gasteiger partial charge < -0.3 is 43.0 Å². The molecule has 234 valence electrons. The Morgan fingerprint density at radius 2 is 1.76 bits per heavy atom. The zero-order valence-electron chi connectivity index (χ0n) is 24.8. The highest BCUT2D eigenvalue weighted by molar-refractivity contribution is 5.67. The van der Waals surface area contributed by atoms with E-state index in [1.807, 2.05) is 30.3 Å². The lowest BCUT2D eigenvalue weighted by molar-refractivity contribution is -0.383. The number of aliphatic hydroxyl groups is 1. The van der Waals surface area contributed by atoms with Gasteiger partial charge in [-0.2, -0.15) is 0 Å². The van der Waals surface area contributed by atoms with Crippen LogP contribution < -0.4 is 0 Å². The lowest BCUT2D eigenvalue weighted by Crippen LogP contribution is -2.69. The molecule has 3 unspecified atom stereocenters. The quantitative estimate of drug-likeness (QED) is 0.280. The van der Waals surface area contributed by atoms with E-state index < -0.39 is 65.9 Å². The van der Waals surface area contributed by atoms with Gasteiger partial charge in [-0.1, -0.05) is 30.3 Å². The molecule has 4 rings (SSSR count). The van der Waals surface area contributed by atoms with Gasteiger partial charge in [-0.3, -0.25) is 14.4 Å². The van der Waals surface area contributed by atoms with E-state index in [-0.39, 0.29) is 32.3 Å². The van der Waals surface area contributed by atoms with Crippen LogP contribution in [0.5, 0.6) is 0 Å². The van der Waals surface area contributed by atoms with Crippen LogP contribution in [0.1, 0.15) is 58.9 Å². The number of ether oxygens (including phenoxy) is 8. The highest BCUT2D eigenvalue weighted by Crippen LogP contribution is 2.48. The van der Waals surface area contributed by atoms with Crippen molar-refractivity contribution in [3.8, 4) is 0 Å². The zero-order valence-corrected chi connectivity index (χ0v) is 24.8. The molecule has 1 N–H and O–H groups in total. The minimum atomic E-state index is -1.27. The van der Waals surface area contributed by atoms with E-state index in [0.717, 1.165) is 5.56 Å². The van der Waals surface area contributed by atoms with Gasteiger partial charge in [0.25, 0.3) is 0 Å². The molecule has 3 aliphatic heterocycles. The van der Waals surface area contributed by atoms with Crippen LogP contribution in [0.25, 0.3) is 0 Å². The molecule has 3 saturated heterocycles. The van der Waals surface area contributed by atoms with Crippen molar-refractivity contribution in [2.45, 2.75) is 114 Å². The Morgan fingerprint density at radius 3 is 2.38 bits per heavy atom. The molecule has 12 nitrogen and oxygen atoms in total. The van der Waals surface area contributed by atoms with E-state index in [4.69, 9.17) is 37.9 Å². The minimum Gasteiger partial charge on any atom is -0.462 e. The van der Waals surface area contributed by atoms with Crippen molar-refractivity contribution in [1.82, 2.24) is 0 Å². The van der Waals surface area contributed by atoms with Crippen molar-refractivity contribution in [1.29, 1.82) is 0 Å². The molecule has 3 aliphatic rings. The van der Waals surface area contributed by atoms with Crippen molar-refractivity contribution in [3.05, 3.63) is 35.9 Å². The summed E-state index contributed by atoms with van der Waals surface area (Å²) in [5.74, 6) is -2.88. The van der Waals surface area contributed by atoms with Crippen LogP contribution in [0.2, 0.25) is 0 Å². The Labute approximate surface area is 245 Å². The molecule has 0 saturated carbocycles. The maximum absolute atomic E-state index is 12.4. The molecule has 0 radical (unpaired) electrons. The third kappa shape index (κ3) is 7.47. The van der Waals surface area contributed by atoms with Crippen LogP contribution in [0, 0.1) is 0 Å². The Morgan fingerprint density at radius 1 is 1.02 bits per heavy atom. The zero-order chi connectivity index (χ0) is 30.5. The topological polar surface area (TPSA) is 145 Å². The summed E-state index contributed by atoms with van der Waals surface area (Å²) in [7, 11) is 1.51. The fourth-order valence-electron chi connectivity index (χ4n) is 6.13. The van der Waals surface area contributed by atoms with Gasteiger partial charge in [0, 0.05) is 47.3 Å². The summed E-state index contributed by atoms with van der Waals surface area (Å²) in [6, 6.07) is 9.57. The SMILES string of the molecule is COC12CCC(CCO)O[C@@H]1[C@@H](OC(C)=O)[C@@H]1OC(C[C@@](C)(COC(C)=O)OC(C)=O)[C@H](OCc3ccccc3)[C@@H]1O2. The Balaban J connectivity index is 1.69. The van der Waals surface area contributed by atoms with Gasteiger partial charge in [0.1, 0.15) is 30.5 Å². The first-order valence-corrected chi connectivity index (χ1v) is 14.3. The predicted molar refractivity (Wildman–Crippen MR) is 145 cm³/mol. The number of carbonyl (C=O) groups excluding carboxylic acids is 3. The van der Waals surface area contributed by atoms with Gasteiger partial charge in [0.2, 0.25) is 0 Å². The highest BCUT2D eigenvalue weighted by Gasteiger charge is 2.66. The predicted octanol–water partition coefficient (Wildman–Crippen LogP) is 2.22. The Bertz CT molecular complexity index is 1080. The van der Waals surface area contributed by atoms with E-state index >= 15 is 0 Å². The molecule has 0 aromatic heterocycles. The fraction of sp³-hybridized carbons (Fsp3) is 0.700. The molecule has 9 atom stereocenters. The van der Waals surface area contributed by atoms with Crippen molar-refractivity contribution in [2.75, 3.05) is 20.3 Å². The first-order valence-electron chi connectivity index (χ1n) is 14.3. The second kappa shape index (κ2) is 13.8. The van der Waals surface area contributed by atoms with Crippen molar-refractivity contribution >= 4 is 17.9 Å². The molecule has 0 spiro atoms. The summed E-state index contributed by atoms with van der Waals surface area (Å²) in [6.45, 7) is 5.47. The molecule has 3 fully saturated rings. The number of hydrogen-bond acceptors (Lipinski definition) is 12. The van der Waals surface area contributed by atoms with E-state index in [0.29, 0.717) is 19.3 Å². The second-order valence-electron chi connectivity index (χ2n) is 11.3. The molecule has 1 aromatic rings. The molecular formula is C30H42O12. The molecule has 0 aliphatic carbocycles. The number of esters is 3. The lowest BCUT2D eigenvalue weighted by Gasteiger charge is -2.53. The number of hydrogen-bond donors (Lipinski definition) is 1. The third-order valence-corrected chi connectivity index (χ3v) is 7.88. The summed E-state index contributed by atoms with van der Waals surface area (Å²) >= 11 is 0. The number of benzene rings is 1. The number of fused-ring (bicyclic) bond motifs is 2. The summed E-state index contributed by atoms with van der Waals surface area (Å²) in [5.41, 5.74) is -0.336. The molecular weight excluding hydrogens is 552 g/mol. The van der Waals surface area contributed by atoms with Crippen LogP contribution in [0.15, 0.2) is 30.3 Å². The van der Waals surface area contributed by atoms with Crippen molar-refractivity contribution < 1.29 is 57.4 Å². The molecule has 0 amide bonds. The normalized spacial score (nSPS) is 33.5. The van der Waals surface area contributed by atoms with Gasteiger partial charge in [0.05, 0.1) is 18.8 Å².